The predicted octanol–water partition coefficient (Wildman–Crippen LogP) is 1.66. The van der Waals surface area contributed by atoms with E-state index in [0.717, 1.165) is 19.3 Å². The molecule has 2 heterocycles. The normalized spacial score (nSPS) is 25.4. The van der Waals surface area contributed by atoms with Gasteiger partial charge in [-0.05, 0) is 40.5 Å². The van der Waals surface area contributed by atoms with Crippen molar-refractivity contribution in [3.8, 4) is 0 Å². The summed E-state index contributed by atoms with van der Waals surface area (Å²) in [5.74, 6) is 0. The van der Waals surface area contributed by atoms with E-state index in [0.29, 0.717) is 32.7 Å². The second kappa shape index (κ2) is 6.94. The number of nitrogens with zero attached hydrogens (tertiary/aromatic N) is 3. The van der Waals surface area contributed by atoms with Gasteiger partial charge < -0.3 is 9.64 Å². The molecule has 2 saturated heterocycles. The Labute approximate surface area is 139 Å². The van der Waals surface area contributed by atoms with Crippen LogP contribution in [0.3, 0.4) is 0 Å². The number of amides is 1. The molecule has 2 fully saturated rings. The average Bonchev–Trinajstić information content (AvgIpc) is 2.46. The molecule has 0 aromatic carbocycles. The van der Waals surface area contributed by atoms with Crippen molar-refractivity contribution in [3.63, 3.8) is 0 Å². The van der Waals surface area contributed by atoms with Crippen molar-refractivity contribution in [1.82, 2.24) is 13.5 Å². The lowest BCUT2D eigenvalue weighted by Gasteiger charge is -2.40. The van der Waals surface area contributed by atoms with Gasteiger partial charge in [-0.2, -0.15) is 17.0 Å². The fourth-order valence-electron chi connectivity index (χ4n) is 2.99. The van der Waals surface area contributed by atoms with Crippen LogP contribution < -0.4 is 0 Å². The number of hydrogen-bond donors (Lipinski definition) is 0. The molecule has 0 saturated carbocycles. The molecule has 2 aliphatic heterocycles. The molecule has 0 aliphatic carbocycles. The second-order valence-electron chi connectivity index (χ2n) is 7.33. The Kier molecular flexibility index (Phi) is 5.58. The SMILES string of the molecule is CC1CCCCN1S(=O)(=O)N1CCN(C(=O)OC(C)(C)C)CC1. The molecule has 8 heteroatoms. The molecule has 1 amide bonds. The van der Waals surface area contributed by atoms with Gasteiger partial charge in [0.15, 0.2) is 0 Å². The number of piperidine rings is 1. The number of ether oxygens (including phenoxy) is 1. The molecule has 0 bridgehead atoms. The van der Waals surface area contributed by atoms with Crippen LogP contribution in [0.4, 0.5) is 4.79 Å². The van der Waals surface area contributed by atoms with Crippen molar-refractivity contribution in [2.45, 2.75) is 58.6 Å². The Balaban J connectivity index is 1.94. The van der Waals surface area contributed by atoms with Gasteiger partial charge in [0.25, 0.3) is 10.2 Å². The van der Waals surface area contributed by atoms with E-state index in [-0.39, 0.29) is 12.1 Å². The zero-order valence-electron chi connectivity index (χ0n) is 14.6. The fourth-order valence-corrected chi connectivity index (χ4v) is 4.83. The first-order valence-corrected chi connectivity index (χ1v) is 9.76. The third-order valence-corrected chi connectivity index (χ3v) is 6.41. The molecular formula is C15H29N3O4S. The molecule has 134 valence electrons. The summed E-state index contributed by atoms with van der Waals surface area (Å²) < 4.78 is 34.0. The van der Waals surface area contributed by atoms with Crippen molar-refractivity contribution in [2.24, 2.45) is 0 Å². The van der Waals surface area contributed by atoms with Crippen LogP contribution in [0.25, 0.3) is 0 Å². The largest absolute Gasteiger partial charge is 0.444 e. The maximum Gasteiger partial charge on any atom is 0.410 e. The molecule has 7 nitrogen and oxygen atoms in total. The summed E-state index contributed by atoms with van der Waals surface area (Å²) in [6.07, 6.45) is 2.54. The molecule has 0 N–H and O–H groups in total. The summed E-state index contributed by atoms with van der Waals surface area (Å²) in [7, 11) is -3.43. The van der Waals surface area contributed by atoms with Crippen LogP contribution in [0.15, 0.2) is 0 Å². The summed E-state index contributed by atoms with van der Waals surface area (Å²) in [5, 5.41) is 0. The Hall–Kier alpha value is -0.860. The van der Waals surface area contributed by atoms with Crippen LogP contribution >= 0.6 is 0 Å². The van der Waals surface area contributed by atoms with Crippen LogP contribution in [-0.4, -0.2) is 72.4 Å². The van der Waals surface area contributed by atoms with Crippen molar-refractivity contribution >= 4 is 16.3 Å². The van der Waals surface area contributed by atoms with Crippen molar-refractivity contribution < 1.29 is 17.9 Å². The summed E-state index contributed by atoms with van der Waals surface area (Å²) >= 11 is 0. The summed E-state index contributed by atoms with van der Waals surface area (Å²) in [5.41, 5.74) is -0.538. The minimum absolute atomic E-state index is 0.0534. The van der Waals surface area contributed by atoms with E-state index in [1.807, 2.05) is 27.7 Å². The maximum atomic E-state index is 12.8. The van der Waals surface area contributed by atoms with Gasteiger partial charge in [0.2, 0.25) is 0 Å². The molecule has 23 heavy (non-hydrogen) atoms. The van der Waals surface area contributed by atoms with Crippen LogP contribution in [0, 0.1) is 0 Å². The van der Waals surface area contributed by atoms with E-state index in [2.05, 4.69) is 0 Å². The third-order valence-electron chi connectivity index (χ3n) is 4.25. The van der Waals surface area contributed by atoms with E-state index < -0.39 is 15.8 Å². The Morgan fingerprint density at radius 1 is 1.04 bits per heavy atom. The average molecular weight is 347 g/mol. The minimum Gasteiger partial charge on any atom is -0.444 e. The molecular weight excluding hydrogens is 318 g/mol. The first kappa shape index (κ1) is 18.5. The van der Waals surface area contributed by atoms with Gasteiger partial charge in [-0.1, -0.05) is 6.42 Å². The lowest BCUT2D eigenvalue weighted by Crippen LogP contribution is -2.56. The summed E-state index contributed by atoms with van der Waals surface area (Å²) in [6, 6.07) is 0.0534. The number of rotatable bonds is 2. The number of hydrogen-bond acceptors (Lipinski definition) is 4. The summed E-state index contributed by atoms with van der Waals surface area (Å²) in [4.78, 5) is 13.6. The predicted molar refractivity (Wildman–Crippen MR) is 88.3 cm³/mol. The van der Waals surface area contributed by atoms with E-state index in [9.17, 15) is 13.2 Å². The molecule has 2 rings (SSSR count). The minimum atomic E-state index is -3.43. The van der Waals surface area contributed by atoms with Gasteiger partial charge in [-0.3, -0.25) is 0 Å². The first-order valence-electron chi connectivity index (χ1n) is 8.36. The maximum absolute atomic E-state index is 12.8. The Morgan fingerprint density at radius 2 is 1.65 bits per heavy atom. The monoisotopic (exact) mass is 347 g/mol. The lowest BCUT2D eigenvalue weighted by atomic mass is 10.1. The standard InChI is InChI=1S/C15H29N3O4S/c1-13-7-5-6-8-18(13)23(20,21)17-11-9-16(10-12-17)14(19)22-15(2,3)4/h13H,5-12H2,1-4H3. The first-order chi connectivity index (χ1) is 10.6. The zero-order chi connectivity index (χ0) is 17.3. The van der Waals surface area contributed by atoms with Gasteiger partial charge >= 0.3 is 6.09 Å². The molecule has 1 atom stereocenters. The Morgan fingerprint density at radius 3 is 2.17 bits per heavy atom. The lowest BCUT2D eigenvalue weighted by molar-refractivity contribution is 0.0188. The van der Waals surface area contributed by atoms with Crippen molar-refractivity contribution in [3.05, 3.63) is 0 Å². The van der Waals surface area contributed by atoms with Crippen LogP contribution in [-0.2, 0) is 14.9 Å². The van der Waals surface area contributed by atoms with Crippen LogP contribution in [0.5, 0.6) is 0 Å². The topological polar surface area (TPSA) is 70.2 Å². The zero-order valence-corrected chi connectivity index (χ0v) is 15.4. The molecule has 1 unspecified atom stereocenters. The van der Waals surface area contributed by atoms with E-state index in [4.69, 9.17) is 4.74 Å². The third kappa shape index (κ3) is 4.58. The molecule has 0 aromatic heterocycles. The van der Waals surface area contributed by atoms with Gasteiger partial charge in [0.1, 0.15) is 5.60 Å². The van der Waals surface area contributed by atoms with E-state index in [1.54, 1.807) is 9.21 Å². The molecule has 2 aliphatic rings. The molecule has 0 spiro atoms. The smallest absolute Gasteiger partial charge is 0.410 e. The van der Waals surface area contributed by atoms with Crippen LogP contribution in [0.1, 0.15) is 47.0 Å². The molecule has 0 aromatic rings. The summed E-state index contributed by atoms with van der Waals surface area (Å²) in [6.45, 7) is 9.42. The molecule has 0 radical (unpaired) electrons. The van der Waals surface area contributed by atoms with Gasteiger partial charge in [0, 0.05) is 38.8 Å². The van der Waals surface area contributed by atoms with Crippen molar-refractivity contribution in [2.75, 3.05) is 32.7 Å². The highest BCUT2D eigenvalue weighted by atomic mass is 32.2. The fraction of sp³-hybridized carbons (Fsp3) is 0.933. The highest BCUT2D eigenvalue weighted by molar-refractivity contribution is 7.86. The number of carbonyl (C=O) groups is 1. The van der Waals surface area contributed by atoms with Gasteiger partial charge in [-0.15, -0.1) is 0 Å². The van der Waals surface area contributed by atoms with Crippen LogP contribution in [0.2, 0.25) is 0 Å². The quantitative estimate of drug-likeness (QED) is 0.762. The second-order valence-corrected chi connectivity index (χ2v) is 9.21. The van der Waals surface area contributed by atoms with Crippen molar-refractivity contribution in [1.29, 1.82) is 0 Å². The van der Waals surface area contributed by atoms with Gasteiger partial charge in [-0.25, -0.2) is 4.79 Å². The van der Waals surface area contributed by atoms with E-state index >= 15 is 0 Å². The Bertz CT molecular complexity index is 521. The number of carbonyl (C=O) groups excluding carboxylic acids is 1. The van der Waals surface area contributed by atoms with Gasteiger partial charge in [0.05, 0.1) is 0 Å². The van der Waals surface area contributed by atoms with E-state index in [1.165, 1.54) is 4.31 Å². The highest BCUT2D eigenvalue weighted by Gasteiger charge is 2.37. The number of piperazine rings is 1. The highest BCUT2D eigenvalue weighted by Crippen LogP contribution is 2.23.